The third kappa shape index (κ3) is 2.68. The van der Waals surface area contributed by atoms with E-state index in [1.165, 1.54) is 11.1 Å². The van der Waals surface area contributed by atoms with Crippen molar-refractivity contribution in [3.63, 3.8) is 0 Å². The Bertz CT molecular complexity index is 567. The minimum Gasteiger partial charge on any atom is -0.390 e. The van der Waals surface area contributed by atoms with Gasteiger partial charge in [-0.3, -0.25) is 4.79 Å². The fourth-order valence-corrected chi connectivity index (χ4v) is 4.49. The van der Waals surface area contributed by atoms with Gasteiger partial charge in [0.2, 0.25) is 5.91 Å². The molecule has 4 nitrogen and oxygen atoms in total. The Hall–Kier alpha value is -1.39. The number of fused-ring (bicyclic) bond motifs is 1. The van der Waals surface area contributed by atoms with Crippen LogP contribution in [0.2, 0.25) is 0 Å². The zero-order chi connectivity index (χ0) is 15.9. The maximum Gasteiger partial charge on any atom is 0.226 e. The van der Waals surface area contributed by atoms with Crippen LogP contribution in [0, 0.1) is 5.92 Å². The summed E-state index contributed by atoms with van der Waals surface area (Å²) >= 11 is 0. The van der Waals surface area contributed by atoms with Crippen molar-refractivity contribution in [2.45, 2.75) is 50.2 Å². The van der Waals surface area contributed by atoms with E-state index in [0.29, 0.717) is 13.1 Å². The van der Waals surface area contributed by atoms with Crippen molar-refractivity contribution in [1.82, 2.24) is 4.90 Å². The lowest BCUT2D eigenvalue weighted by atomic mass is 9.81. The summed E-state index contributed by atoms with van der Waals surface area (Å²) in [6.07, 6.45) is 4.66. The minimum absolute atomic E-state index is 0.0960. The van der Waals surface area contributed by atoms with Crippen LogP contribution >= 0.6 is 0 Å². The molecule has 0 aromatic heterocycles. The molecule has 0 bridgehead atoms. The van der Waals surface area contributed by atoms with Crippen LogP contribution in [0.4, 0.5) is 0 Å². The van der Waals surface area contributed by atoms with Crippen LogP contribution in [0.25, 0.3) is 0 Å². The highest BCUT2D eigenvalue weighted by Gasteiger charge is 2.45. The number of piperidine rings is 1. The number of benzene rings is 1. The molecule has 23 heavy (non-hydrogen) atoms. The van der Waals surface area contributed by atoms with Gasteiger partial charge < -0.3 is 14.7 Å². The molecule has 2 saturated heterocycles. The zero-order valence-electron chi connectivity index (χ0n) is 13.5. The molecule has 0 unspecified atom stereocenters. The number of aliphatic hydroxyl groups is 1. The predicted molar refractivity (Wildman–Crippen MR) is 87.1 cm³/mol. The zero-order valence-corrected chi connectivity index (χ0v) is 13.5. The van der Waals surface area contributed by atoms with Gasteiger partial charge in [0.1, 0.15) is 0 Å². The fraction of sp³-hybridized carbons (Fsp3) is 0.632. The lowest BCUT2D eigenvalue weighted by molar-refractivity contribution is -0.180. The Morgan fingerprint density at radius 2 is 1.83 bits per heavy atom. The number of likely N-dealkylation sites (tertiary alicyclic amines) is 1. The van der Waals surface area contributed by atoms with Crippen molar-refractivity contribution in [2.24, 2.45) is 5.92 Å². The lowest BCUT2D eigenvalue weighted by Gasteiger charge is -2.47. The smallest absolute Gasteiger partial charge is 0.226 e. The Labute approximate surface area is 137 Å². The molecule has 1 spiro atoms. The molecule has 0 saturated carbocycles. The van der Waals surface area contributed by atoms with E-state index in [-0.39, 0.29) is 17.9 Å². The van der Waals surface area contributed by atoms with E-state index in [1.54, 1.807) is 0 Å². The van der Waals surface area contributed by atoms with Crippen molar-refractivity contribution in [3.8, 4) is 0 Å². The summed E-state index contributed by atoms with van der Waals surface area (Å²) < 4.78 is 5.93. The van der Waals surface area contributed by atoms with Crippen molar-refractivity contribution in [1.29, 1.82) is 0 Å². The number of hydrogen-bond donors (Lipinski definition) is 1. The van der Waals surface area contributed by atoms with Gasteiger partial charge in [-0.15, -0.1) is 0 Å². The average Bonchev–Trinajstić information content (AvgIpc) is 3.02. The highest BCUT2D eigenvalue weighted by molar-refractivity contribution is 5.80. The Balaban J connectivity index is 1.38. The van der Waals surface area contributed by atoms with Crippen LogP contribution in [-0.4, -0.2) is 47.3 Å². The van der Waals surface area contributed by atoms with Crippen LogP contribution in [-0.2, 0) is 22.4 Å². The number of rotatable bonds is 1. The van der Waals surface area contributed by atoms with Gasteiger partial charge in [-0.25, -0.2) is 0 Å². The lowest BCUT2D eigenvalue weighted by Crippen LogP contribution is -2.56. The van der Waals surface area contributed by atoms with E-state index in [9.17, 15) is 9.90 Å². The molecule has 1 aliphatic carbocycles. The molecule has 124 valence electrons. The first kappa shape index (κ1) is 15.2. The van der Waals surface area contributed by atoms with Crippen molar-refractivity contribution in [2.75, 3.05) is 19.7 Å². The molecule has 4 heteroatoms. The number of amides is 1. The highest BCUT2D eigenvalue weighted by atomic mass is 16.5. The molecular formula is C19H25NO3. The molecule has 2 fully saturated rings. The molecule has 2 aliphatic heterocycles. The van der Waals surface area contributed by atoms with Gasteiger partial charge in [-0.2, -0.15) is 0 Å². The quantitative estimate of drug-likeness (QED) is 0.861. The maximum atomic E-state index is 12.8. The van der Waals surface area contributed by atoms with Crippen LogP contribution in [0.3, 0.4) is 0 Å². The number of carbonyl (C=O) groups is 1. The predicted octanol–water partition coefficient (Wildman–Crippen LogP) is 1.93. The molecule has 1 N–H and O–H groups in total. The van der Waals surface area contributed by atoms with Gasteiger partial charge >= 0.3 is 0 Å². The number of hydrogen-bond acceptors (Lipinski definition) is 3. The molecule has 1 amide bonds. The average molecular weight is 315 g/mol. The van der Waals surface area contributed by atoms with Gasteiger partial charge in [-0.1, -0.05) is 24.3 Å². The van der Waals surface area contributed by atoms with E-state index in [1.807, 2.05) is 4.90 Å². The third-order valence-electron chi connectivity index (χ3n) is 5.94. The molecule has 2 heterocycles. The van der Waals surface area contributed by atoms with Crippen LogP contribution in [0.5, 0.6) is 0 Å². The Morgan fingerprint density at radius 1 is 1.17 bits per heavy atom. The molecular weight excluding hydrogens is 290 g/mol. The topological polar surface area (TPSA) is 49.8 Å². The van der Waals surface area contributed by atoms with E-state index in [0.717, 1.165) is 45.1 Å². The second-order valence-corrected chi connectivity index (χ2v) is 7.27. The molecule has 1 aromatic rings. The standard InChI is InChI=1S/C19H25NO3/c21-17-6-3-11-23-19(17)7-9-20(10-8-19)18(22)16-12-14-4-1-2-5-15(14)13-16/h1-2,4-5,16-17,21H,3,6-13H2/t17-/m1/s1. The van der Waals surface area contributed by atoms with Crippen LogP contribution < -0.4 is 0 Å². The number of ether oxygens (including phenoxy) is 1. The van der Waals surface area contributed by atoms with E-state index in [2.05, 4.69) is 24.3 Å². The maximum absolute atomic E-state index is 12.8. The molecule has 1 atom stereocenters. The largest absolute Gasteiger partial charge is 0.390 e. The number of nitrogens with zero attached hydrogens (tertiary/aromatic N) is 1. The second-order valence-electron chi connectivity index (χ2n) is 7.27. The van der Waals surface area contributed by atoms with Crippen molar-refractivity contribution in [3.05, 3.63) is 35.4 Å². The minimum atomic E-state index is -0.395. The SMILES string of the molecule is O=C(C1Cc2ccccc2C1)N1CCC2(CC1)OCCC[C@H]2O. The Morgan fingerprint density at radius 3 is 2.43 bits per heavy atom. The number of carbonyl (C=O) groups excluding carboxylic acids is 1. The summed E-state index contributed by atoms with van der Waals surface area (Å²) in [5.74, 6) is 0.375. The highest BCUT2D eigenvalue weighted by Crippen LogP contribution is 2.36. The first-order valence-electron chi connectivity index (χ1n) is 8.85. The van der Waals surface area contributed by atoms with Gasteiger partial charge in [-0.05, 0) is 49.7 Å². The summed E-state index contributed by atoms with van der Waals surface area (Å²) in [5.41, 5.74) is 2.25. The first-order valence-corrected chi connectivity index (χ1v) is 8.85. The van der Waals surface area contributed by atoms with Gasteiger partial charge in [0.15, 0.2) is 0 Å². The molecule has 1 aromatic carbocycles. The molecule has 4 rings (SSSR count). The van der Waals surface area contributed by atoms with Crippen molar-refractivity contribution >= 4 is 5.91 Å². The summed E-state index contributed by atoms with van der Waals surface area (Å²) in [6.45, 7) is 2.16. The van der Waals surface area contributed by atoms with Crippen molar-refractivity contribution < 1.29 is 14.6 Å². The van der Waals surface area contributed by atoms with Gasteiger partial charge in [0.05, 0.1) is 11.7 Å². The summed E-state index contributed by atoms with van der Waals surface area (Å²) in [6, 6.07) is 8.39. The van der Waals surface area contributed by atoms with E-state index in [4.69, 9.17) is 4.74 Å². The summed E-state index contributed by atoms with van der Waals surface area (Å²) in [4.78, 5) is 14.8. The van der Waals surface area contributed by atoms with Gasteiger partial charge in [0.25, 0.3) is 0 Å². The molecule has 3 aliphatic rings. The monoisotopic (exact) mass is 315 g/mol. The van der Waals surface area contributed by atoms with E-state index >= 15 is 0 Å². The summed E-state index contributed by atoms with van der Waals surface area (Å²) in [7, 11) is 0. The second kappa shape index (κ2) is 5.91. The third-order valence-corrected chi connectivity index (χ3v) is 5.94. The van der Waals surface area contributed by atoms with Crippen LogP contribution in [0.15, 0.2) is 24.3 Å². The van der Waals surface area contributed by atoms with E-state index < -0.39 is 5.60 Å². The summed E-state index contributed by atoms with van der Waals surface area (Å²) in [5, 5.41) is 10.3. The Kier molecular flexibility index (Phi) is 3.90. The first-order chi connectivity index (χ1) is 11.2. The van der Waals surface area contributed by atoms with Gasteiger partial charge in [0, 0.05) is 25.6 Å². The fourth-order valence-electron chi connectivity index (χ4n) is 4.49. The normalized spacial score (nSPS) is 27.2. The number of aliphatic hydroxyl groups excluding tert-OH is 1. The molecule has 0 radical (unpaired) electrons. The van der Waals surface area contributed by atoms with Crippen LogP contribution in [0.1, 0.15) is 36.8 Å².